The summed E-state index contributed by atoms with van der Waals surface area (Å²) in [7, 11) is 0. The molecule has 3 aliphatic rings. The lowest BCUT2D eigenvalue weighted by atomic mass is 9.52. The topological polar surface area (TPSA) is 38.7 Å². The van der Waals surface area contributed by atoms with Crippen molar-refractivity contribution in [3.63, 3.8) is 0 Å². The summed E-state index contributed by atoms with van der Waals surface area (Å²) in [6, 6.07) is 99.8. The Morgan fingerprint density at radius 1 is 0.176 bits per heavy atom. The van der Waals surface area contributed by atoms with Crippen LogP contribution in [-0.2, 0) is 10.8 Å². The van der Waals surface area contributed by atoms with E-state index in [1.165, 1.54) is 77.9 Å². The number of aromatic nitrogens is 3. The normalized spacial score (nSPS) is 13.6. The van der Waals surface area contributed by atoms with E-state index in [9.17, 15) is 0 Å². The molecule has 0 aliphatic heterocycles. The van der Waals surface area contributed by atoms with Gasteiger partial charge in [-0.25, -0.2) is 15.0 Å². The van der Waals surface area contributed by atoms with Crippen molar-refractivity contribution in [2.24, 2.45) is 0 Å². The van der Waals surface area contributed by atoms with Gasteiger partial charge in [-0.2, -0.15) is 0 Å². The first kappa shape index (κ1) is 42.1. The van der Waals surface area contributed by atoms with Gasteiger partial charge >= 0.3 is 0 Å². The van der Waals surface area contributed by atoms with Crippen LogP contribution in [0.25, 0.3) is 89.8 Å². The predicted molar refractivity (Wildman–Crippen MR) is 301 cm³/mol. The molecule has 0 saturated heterocycles. The minimum absolute atomic E-state index is 0.527. The second kappa shape index (κ2) is 16.5. The van der Waals surface area contributed by atoms with Gasteiger partial charge < -0.3 is 0 Å². The second-order valence-corrected chi connectivity index (χ2v) is 19.8. The Kier molecular flexibility index (Phi) is 9.39. The molecule has 0 atom stereocenters. The van der Waals surface area contributed by atoms with Crippen molar-refractivity contribution in [3.8, 4) is 89.8 Å². The van der Waals surface area contributed by atoms with Gasteiger partial charge in [0.15, 0.2) is 17.5 Å². The van der Waals surface area contributed by atoms with Crippen LogP contribution in [0.2, 0.25) is 0 Å². The van der Waals surface area contributed by atoms with Crippen molar-refractivity contribution < 1.29 is 0 Å². The molecule has 0 bridgehead atoms. The van der Waals surface area contributed by atoms with E-state index in [0.717, 1.165) is 38.9 Å². The smallest absolute Gasteiger partial charge is 0.164 e. The highest BCUT2D eigenvalue weighted by Crippen LogP contribution is 2.67. The van der Waals surface area contributed by atoms with Gasteiger partial charge in [0, 0.05) is 16.7 Å². The number of hydrogen-bond acceptors (Lipinski definition) is 3. The quantitative estimate of drug-likeness (QED) is 0.167. The molecule has 0 unspecified atom stereocenters. The molecule has 0 N–H and O–H groups in total. The molecule has 3 heteroatoms. The average Bonchev–Trinajstić information content (AvgIpc) is 3.97. The molecule has 3 aliphatic carbocycles. The first-order valence-corrected chi connectivity index (χ1v) is 25.5. The molecule has 3 nitrogen and oxygen atoms in total. The molecule has 15 rings (SSSR count). The molecule has 2 spiro atoms. The average molecular weight is 940 g/mol. The zero-order chi connectivity index (χ0) is 48.8. The number of fused-ring (bicyclic) bond motifs is 16. The Morgan fingerprint density at radius 2 is 0.419 bits per heavy atom. The molecule has 0 saturated carbocycles. The molecule has 344 valence electrons. The third-order valence-electron chi connectivity index (χ3n) is 16.1. The summed E-state index contributed by atoms with van der Waals surface area (Å²) < 4.78 is 0. The molecule has 0 fully saturated rings. The fourth-order valence-electron chi connectivity index (χ4n) is 12.9. The van der Waals surface area contributed by atoms with E-state index in [1.54, 1.807) is 0 Å². The van der Waals surface area contributed by atoms with Crippen LogP contribution in [0.3, 0.4) is 0 Å². The second-order valence-electron chi connectivity index (χ2n) is 19.8. The lowest BCUT2D eigenvalue weighted by Gasteiger charge is -2.49. The van der Waals surface area contributed by atoms with Crippen LogP contribution in [0.15, 0.2) is 273 Å². The standard InChI is InChI=1S/C71H45N3/c1-3-17-46(18-4-1)47-31-33-48(34-32-47)49-35-39-52(40-36-49)68-72-67(51-19-5-2-6-20-51)73-69(74-68)53-41-37-50(38-42-53)54-43-44-65-66(45-54)71(61-27-13-9-23-57(61)58-24-10-14-28-62(58)71)64-30-16-15-29-63(64)70(65)59-25-11-7-21-55(59)56-22-8-12-26-60(56)70/h1-45H. The van der Waals surface area contributed by atoms with Gasteiger partial charge in [-0.05, 0) is 106 Å². The Balaban J connectivity index is 0.865. The first-order chi connectivity index (χ1) is 36.7. The van der Waals surface area contributed by atoms with Gasteiger partial charge in [0.05, 0.1) is 10.8 Å². The van der Waals surface area contributed by atoms with Gasteiger partial charge in [0.1, 0.15) is 0 Å². The highest BCUT2D eigenvalue weighted by Gasteiger charge is 2.59. The number of hydrogen-bond donors (Lipinski definition) is 0. The van der Waals surface area contributed by atoms with Gasteiger partial charge in [-0.15, -0.1) is 0 Å². The molecular formula is C71H45N3. The fraction of sp³-hybridized carbons (Fsp3) is 0.0282. The maximum absolute atomic E-state index is 5.17. The van der Waals surface area contributed by atoms with Crippen molar-refractivity contribution in [3.05, 3.63) is 317 Å². The molecule has 11 aromatic carbocycles. The van der Waals surface area contributed by atoms with E-state index >= 15 is 0 Å². The first-order valence-electron chi connectivity index (χ1n) is 25.5. The minimum atomic E-state index is -0.562. The number of rotatable bonds is 6. The summed E-state index contributed by atoms with van der Waals surface area (Å²) in [5.41, 5.74) is 24.4. The molecule has 12 aromatic rings. The zero-order valence-electron chi connectivity index (χ0n) is 40.3. The summed E-state index contributed by atoms with van der Waals surface area (Å²) in [4.78, 5) is 15.4. The van der Waals surface area contributed by atoms with E-state index in [0.29, 0.717) is 17.5 Å². The van der Waals surface area contributed by atoms with Crippen molar-refractivity contribution in [2.45, 2.75) is 10.8 Å². The van der Waals surface area contributed by atoms with Crippen LogP contribution in [0.1, 0.15) is 44.5 Å². The minimum Gasteiger partial charge on any atom is -0.208 e. The lowest BCUT2D eigenvalue weighted by Crippen LogP contribution is -2.43. The fourth-order valence-corrected chi connectivity index (χ4v) is 12.9. The largest absolute Gasteiger partial charge is 0.208 e. The number of benzene rings is 11. The highest BCUT2D eigenvalue weighted by atomic mass is 15.0. The lowest BCUT2D eigenvalue weighted by molar-refractivity contribution is 0.633. The number of nitrogens with zero attached hydrogens (tertiary/aromatic N) is 3. The summed E-state index contributed by atoms with van der Waals surface area (Å²) in [5.74, 6) is 1.89. The van der Waals surface area contributed by atoms with E-state index in [-0.39, 0.29) is 0 Å². The third-order valence-corrected chi connectivity index (χ3v) is 16.1. The molecule has 74 heavy (non-hydrogen) atoms. The summed E-state index contributed by atoms with van der Waals surface area (Å²) in [6.45, 7) is 0. The van der Waals surface area contributed by atoms with Crippen molar-refractivity contribution in [2.75, 3.05) is 0 Å². The van der Waals surface area contributed by atoms with Gasteiger partial charge in [-0.1, -0.05) is 267 Å². The molecule has 0 amide bonds. The maximum Gasteiger partial charge on any atom is 0.164 e. The van der Waals surface area contributed by atoms with E-state index in [2.05, 4.69) is 255 Å². The zero-order valence-corrected chi connectivity index (χ0v) is 40.3. The SMILES string of the molecule is c1ccc(-c2ccc(-c3ccc(-c4nc(-c5ccccc5)nc(-c5ccc(-c6ccc7c(c6)C6(c8ccccc8-c8ccccc86)c6ccccc6C76c7ccccc7-c7ccccc76)cc5)n4)cc3)cc2)cc1. The Morgan fingerprint density at radius 3 is 0.811 bits per heavy atom. The van der Waals surface area contributed by atoms with Crippen LogP contribution < -0.4 is 0 Å². The van der Waals surface area contributed by atoms with E-state index in [1.807, 2.05) is 18.2 Å². The van der Waals surface area contributed by atoms with Crippen molar-refractivity contribution in [1.29, 1.82) is 0 Å². The van der Waals surface area contributed by atoms with Gasteiger partial charge in [0.25, 0.3) is 0 Å². The van der Waals surface area contributed by atoms with E-state index < -0.39 is 10.8 Å². The maximum atomic E-state index is 5.17. The van der Waals surface area contributed by atoms with Crippen LogP contribution in [-0.4, -0.2) is 15.0 Å². The summed E-state index contributed by atoms with van der Waals surface area (Å²) in [5, 5.41) is 0. The van der Waals surface area contributed by atoms with Crippen LogP contribution in [0.5, 0.6) is 0 Å². The third kappa shape index (κ3) is 6.11. The summed E-state index contributed by atoms with van der Waals surface area (Å²) in [6.07, 6.45) is 0. The molecular weight excluding hydrogens is 895 g/mol. The molecule has 1 heterocycles. The highest BCUT2D eigenvalue weighted by molar-refractivity contribution is 5.94. The predicted octanol–water partition coefficient (Wildman–Crippen LogP) is 16.9. The Hall–Kier alpha value is -9.57. The molecule has 0 radical (unpaired) electrons. The van der Waals surface area contributed by atoms with Crippen LogP contribution in [0, 0.1) is 0 Å². The van der Waals surface area contributed by atoms with Gasteiger partial charge in [-0.3, -0.25) is 0 Å². The molecule has 1 aromatic heterocycles. The van der Waals surface area contributed by atoms with Crippen molar-refractivity contribution >= 4 is 0 Å². The Labute approximate surface area is 430 Å². The van der Waals surface area contributed by atoms with Gasteiger partial charge in [0.2, 0.25) is 0 Å². The van der Waals surface area contributed by atoms with E-state index in [4.69, 9.17) is 15.0 Å². The van der Waals surface area contributed by atoms with Crippen molar-refractivity contribution in [1.82, 2.24) is 15.0 Å². The Bertz CT molecular complexity index is 4070. The monoisotopic (exact) mass is 939 g/mol. The van der Waals surface area contributed by atoms with Crippen LogP contribution >= 0.6 is 0 Å². The van der Waals surface area contributed by atoms with Crippen LogP contribution in [0.4, 0.5) is 0 Å². The summed E-state index contributed by atoms with van der Waals surface area (Å²) >= 11 is 0.